The summed E-state index contributed by atoms with van der Waals surface area (Å²) in [7, 11) is 0. The van der Waals surface area contributed by atoms with Crippen molar-refractivity contribution in [3.8, 4) is 5.69 Å². The van der Waals surface area contributed by atoms with Crippen LogP contribution in [-0.2, 0) is 0 Å². The summed E-state index contributed by atoms with van der Waals surface area (Å²) in [6.07, 6.45) is 1.60. The zero-order chi connectivity index (χ0) is 17.4. The number of amides is 1. The molecular weight excluding hydrogens is 334 g/mol. The van der Waals surface area contributed by atoms with Crippen LogP contribution in [0.3, 0.4) is 0 Å². The quantitative estimate of drug-likeness (QED) is 0.611. The van der Waals surface area contributed by atoms with E-state index in [2.05, 4.69) is 32.7 Å². The van der Waals surface area contributed by atoms with Gasteiger partial charge in [-0.2, -0.15) is 0 Å². The first-order chi connectivity index (χ1) is 12.1. The number of benzene rings is 2. The zero-order valence-electron chi connectivity index (χ0n) is 13.7. The molecule has 1 amide bonds. The molecular formula is C18H15N5OS. The van der Waals surface area contributed by atoms with Crippen molar-refractivity contribution in [3.05, 3.63) is 65.5 Å². The van der Waals surface area contributed by atoms with Gasteiger partial charge in [0.25, 0.3) is 5.91 Å². The van der Waals surface area contributed by atoms with Crippen molar-refractivity contribution in [3.63, 3.8) is 0 Å². The monoisotopic (exact) mass is 349 g/mol. The van der Waals surface area contributed by atoms with Gasteiger partial charge in [0.05, 0.1) is 22.1 Å². The van der Waals surface area contributed by atoms with E-state index in [-0.39, 0.29) is 11.6 Å². The molecule has 2 aromatic heterocycles. The Labute approximate surface area is 148 Å². The lowest BCUT2D eigenvalue weighted by Crippen LogP contribution is -2.12. The second-order valence-corrected chi connectivity index (χ2v) is 6.82. The third kappa shape index (κ3) is 3.01. The van der Waals surface area contributed by atoms with Crippen molar-refractivity contribution in [1.29, 1.82) is 0 Å². The number of nitrogens with zero attached hydrogens (tertiary/aromatic N) is 4. The number of para-hydroxylation sites is 1. The number of nitrogens with one attached hydrogen (secondary N) is 1. The number of hydrogen-bond acceptors (Lipinski definition) is 5. The molecule has 0 atom stereocenters. The molecule has 2 aromatic carbocycles. The smallest absolute Gasteiger partial charge is 0.279 e. The first-order valence-electron chi connectivity index (χ1n) is 7.77. The van der Waals surface area contributed by atoms with Crippen LogP contribution in [0.1, 0.15) is 21.6 Å². The Bertz CT molecular complexity index is 1070. The maximum absolute atomic E-state index is 12.4. The average Bonchev–Trinajstić information content (AvgIpc) is 3.22. The lowest BCUT2D eigenvalue weighted by molar-refractivity contribution is 0.102. The van der Waals surface area contributed by atoms with E-state index in [4.69, 9.17) is 0 Å². The first-order valence-corrected chi connectivity index (χ1v) is 8.59. The summed E-state index contributed by atoms with van der Waals surface area (Å²) in [6, 6.07) is 13.7. The molecule has 4 rings (SSSR count). The number of rotatable bonds is 3. The molecule has 0 aliphatic carbocycles. The molecule has 0 unspecified atom stereocenters. The molecule has 4 aromatic rings. The highest BCUT2D eigenvalue weighted by Crippen LogP contribution is 2.29. The summed E-state index contributed by atoms with van der Waals surface area (Å²) in [6.45, 7) is 4.07. The van der Waals surface area contributed by atoms with Gasteiger partial charge in [0.1, 0.15) is 0 Å². The van der Waals surface area contributed by atoms with Gasteiger partial charge in [-0.1, -0.05) is 40.8 Å². The Hall–Kier alpha value is -3.06. The second kappa shape index (κ2) is 6.10. The molecule has 7 heteroatoms. The number of thiazole rings is 1. The largest absolute Gasteiger partial charge is 0.296 e. The van der Waals surface area contributed by atoms with Gasteiger partial charge in [-0.25, -0.2) is 9.67 Å². The molecule has 0 radical (unpaired) electrons. The Morgan fingerprint density at radius 1 is 1.16 bits per heavy atom. The fourth-order valence-corrected chi connectivity index (χ4v) is 3.70. The summed E-state index contributed by atoms with van der Waals surface area (Å²) in [4.78, 5) is 16.9. The number of anilines is 1. The summed E-state index contributed by atoms with van der Waals surface area (Å²) in [5.74, 6) is -0.324. The molecule has 0 saturated carbocycles. The van der Waals surface area contributed by atoms with Gasteiger partial charge in [0.2, 0.25) is 0 Å². The fraction of sp³-hybridized carbons (Fsp3) is 0.111. The summed E-state index contributed by atoms with van der Waals surface area (Å²) in [5, 5.41) is 11.3. The topological polar surface area (TPSA) is 72.7 Å². The Kier molecular flexibility index (Phi) is 3.77. The van der Waals surface area contributed by atoms with Crippen molar-refractivity contribution in [1.82, 2.24) is 20.0 Å². The molecule has 0 saturated heterocycles. The van der Waals surface area contributed by atoms with E-state index in [1.807, 2.05) is 44.2 Å². The predicted octanol–water partition coefficient (Wildman–Crippen LogP) is 3.75. The molecule has 0 spiro atoms. The van der Waals surface area contributed by atoms with Crippen molar-refractivity contribution in [2.75, 3.05) is 5.32 Å². The molecule has 0 aliphatic rings. The van der Waals surface area contributed by atoms with Crippen LogP contribution in [0.15, 0.2) is 48.7 Å². The molecule has 2 heterocycles. The third-order valence-electron chi connectivity index (χ3n) is 3.80. The summed E-state index contributed by atoms with van der Waals surface area (Å²) < 4.78 is 2.63. The Morgan fingerprint density at radius 2 is 1.96 bits per heavy atom. The summed E-state index contributed by atoms with van der Waals surface area (Å²) >= 11 is 1.45. The number of carbonyl (C=O) groups is 1. The van der Waals surface area contributed by atoms with Crippen molar-refractivity contribution >= 4 is 32.6 Å². The van der Waals surface area contributed by atoms with E-state index in [1.165, 1.54) is 16.9 Å². The third-order valence-corrected chi connectivity index (χ3v) is 4.71. The highest BCUT2D eigenvalue weighted by Gasteiger charge is 2.15. The lowest BCUT2D eigenvalue weighted by atomic mass is 10.1. The molecule has 1 N–H and O–H groups in total. The van der Waals surface area contributed by atoms with Crippen molar-refractivity contribution < 1.29 is 4.79 Å². The molecule has 6 nitrogen and oxygen atoms in total. The van der Waals surface area contributed by atoms with Crippen LogP contribution in [0.5, 0.6) is 0 Å². The number of carbonyl (C=O) groups excluding carboxylic acids is 1. The van der Waals surface area contributed by atoms with Crippen LogP contribution >= 0.6 is 11.3 Å². The minimum atomic E-state index is -0.324. The normalized spacial score (nSPS) is 11.0. The van der Waals surface area contributed by atoms with Crippen LogP contribution in [-0.4, -0.2) is 25.9 Å². The van der Waals surface area contributed by atoms with Gasteiger partial charge in [-0.05, 0) is 43.2 Å². The molecule has 0 aliphatic heterocycles. The Balaban J connectivity index is 1.58. The van der Waals surface area contributed by atoms with Gasteiger partial charge >= 0.3 is 0 Å². The van der Waals surface area contributed by atoms with Crippen LogP contribution in [0.2, 0.25) is 0 Å². The van der Waals surface area contributed by atoms with Gasteiger partial charge < -0.3 is 0 Å². The molecule has 0 fully saturated rings. The zero-order valence-corrected chi connectivity index (χ0v) is 14.5. The van der Waals surface area contributed by atoms with Crippen LogP contribution in [0.25, 0.3) is 15.9 Å². The maximum Gasteiger partial charge on any atom is 0.279 e. The van der Waals surface area contributed by atoms with Crippen LogP contribution in [0, 0.1) is 13.8 Å². The molecule has 25 heavy (non-hydrogen) atoms. The van der Waals surface area contributed by atoms with E-state index in [0.29, 0.717) is 5.13 Å². The fourth-order valence-electron chi connectivity index (χ4n) is 2.66. The number of hydrogen-bond donors (Lipinski definition) is 1. The molecule has 0 bridgehead atoms. The number of fused-ring (bicyclic) bond motifs is 1. The molecule has 124 valence electrons. The first kappa shape index (κ1) is 15.5. The van der Waals surface area contributed by atoms with Crippen LogP contribution < -0.4 is 5.32 Å². The lowest BCUT2D eigenvalue weighted by Gasteiger charge is -1.98. The average molecular weight is 349 g/mol. The van der Waals surface area contributed by atoms with E-state index in [1.54, 1.807) is 10.9 Å². The van der Waals surface area contributed by atoms with Crippen molar-refractivity contribution in [2.24, 2.45) is 0 Å². The minimum absolute atomic E-state index is 0.246. The highest BCUT2D eigenvalue weighted by molar-refractivity contribution is 7.22. The van der Waals surface area contributed by atoms with Crippen LogP contribution in [0.4, 0.5) is 5.13 Å². The Morgan fingerprint density at radius 3 is 2.76 bits per heavy atom. The van der Waals surface area contributed by atoms with Gasteiger partial charge in [-0.15, -0.1) is 5.10 Å². The van der Waals surface area contributed by atoms with E-state index in [0.717, 1.165) is 21.5 Å². The van der Waals surface area contributed by atoms with Gasteiger partial charge in [0.15, 0.2) is 10.8 Å². The number of aromatic nitrogens is 4. The second-order valence-electron chi connectivity index (χ2n) is 5.79. The SMILES string of the molecule is Cc1cc(C)c2nc(NC(=O)c3cn(-c4ccccc4)nn3)sc2c1. The van der Waals surface area contributed by atoms with Gasteiger partial charge in [0, 0.05) is 0 Å². The minimum Gasteiger partial charge on any atom is -0.296 e. The number of aryl methyl sites for hydroxylation is 2. The predicted molar refractivity (Wildman–Crippen MR) is 98.4 cm³/mol. The van der Waals surface area contributed by atoms with Crippen molar-refractivity contribution in [2.45, 2.75) is 13.8 Å². The maximum atomic E-state index is 12.4. The standard InChI is InChI=1S/C18H15N5OS/c1-11-8-12(2)16-15(9-11)25-18(19-16)20-17(24)14-10-23(22-21-14)13-6-4-3-5-7-13/h3-10H,1-2H3,(H,19,20,24). The van der Waals surface area contributed by atoms with E-state index < -0.39 is 0 Å². The van der Waals surface area contributed by atoms with Gasteiger partial charge in [-0.3, -0.25) is 10.1 Å². The van der Waals surface area contributed by atoms with E-state index in [9.17, 15) is 4.79 Å². The highest BCUT2D eigenvalue weighted by atomic mass is 32.1. The summed E-state index contributed by atoms with van der Waals surface area (Å²) in [5.41, 5.74) is 4.29. The van der Waals surface area contributed by atoms with E-state index >= 15 is 0 Å².